The maximum absolute atomic E-state index is 11.1. The van der Waals surface area contributed by atoms with E-state index in [1.807, 2.05) is 0 Å². The maximum atomic E-state index is 11.1. The quantitative estimate of drug-likeness (QED) is 0.554. The van der Waals surface area contributed by atoms with Crippen molar-refractivity contribution in [2.75, 3.05) is 7.11 Å². The fourth-order valence-corrected chi connectivity index (χ4v) is 2.21. The van der Waals surface area contributed by atoms with Crippen LogP contribution in [0.4, 0.5) is 0 Å². The van der Waals surface area contributed by atoms with E-state index in [1.54, 1.807) is 12.1 Å². The van der Waals surface area contributed by atoms with E-state index < -0.39 is 0 Å². The molecule has 0 bridgehead atoms. The van der Waals surface area contributed by atoms with Gasteiger partial charge in [0, 0.05) is 13.4 Å². The Kier molecular flexibility index (Phi) is 3.94. The average Bonchev–Trinajstić information content (AvgIpc) is 2.12. The van der Waals surface area contributed by atoms with Crippen LogP contribution in [0.5, 0.6) is 0 Å². The van der Waals surface area contributed by atoms with Gasteiger partial charge in [-0.1, -0.05) is 0 Å². The first-order chi connectivity index (χ1) is 6.06. The molecule has 0 spiro atoms. The van der Waals surface area contributed by atoms with Crippen LogP contribution in [0.1, 0.15) is 10.4 Å². The summed E-state index contributed by atoms with van der Waals surface area (Å²) in [5.74, 6) is -0.353. The Labute approximate surface area is 101 Å². The van der Waals surface area contributed by atoms with Crippen molar-refractivity contribution in [1.82, 2.24) is 0 Å². The van der Waals surface area contributed by atoms with Crippen LogP contribution in [0, 0.1) is 0 Å². The van der Waals surface area contributed by atoms with Gasteiger partial charge in [0.1, 0.15) is 0 Å². The zero-order chi connectivity index (χ0) is 10.0. The molecule has 0 aliphatic heterocycles. The molecule has 2 nitrogen and oxygen atoms in total. The van der Waals surface area contributed by atoms with Crippen molar-refractivity contribution in [1.29, 1.82) is 0 Å². The lowest BCUT2D eigenvalue weighted by molar-refractivity contribution is 0.0600. The largest absolute Gasteiger partial charge is 0.465 e. The highest BCUT2D eigenvalue weighted by Gasteiger charge is 2.10. The number of esters is 1. The number of carbonyl (C=O) groups excluding carboxylic acids is 1. The predicted octanol–water partition coefficient (Wildman–Crippen LogP) is 3.76. The number of methoxy groups -OCH3 is 1. The highest BCUT2D eigenvalue weighted by Crippen LogP contribution is 2.32. The second-order valence-corrected chi connectivity index (χ2v) is 4.75. The fraction of sp³-hybridized carbons (Fsp3) is 0.125. The van der Waals surface area contributed by atoms with Crippen LogP contribution in [0.3, 0.4) is 0 Å². The molecule has 70 valence electrons. The summed E-state index contributed by atoms with van der Waals surface area (Å²) in [4.78, 5) is 11.1. The molecule has 0 saturated carbocycles. The molecule has 13 heavy (non-hydrogen) atoms. The predicted molar refractivity (Wildman–Crippen MR) is 60.9 cm³/mol. The maximum Gasteiger partial charge on any atom is 0.337 e. The lowest BCUT2D eigenvalue weighted by Gasteiger charge is -2.03. The normalized spacial score (nSPS) is 9.85. The molecule has 0 unspecified atom stereocenters. The summed E-state index contributed by atoms with van der Waals surface area (Å²) in [6.07, 6.45) is 0. The van der Waals surface area contributed by atoms with Crippen molar-refractivity contribution in [3.63, 3.8) is 0 Å². The second-order valence-electron chi connectivity index (χ2n) is 2.25. The van der Waals surface area contributed by atoms with Crippen molar-refractivity contribution in [3.8, 4) is 0 Å². The van der Waals surface area contributed by atoms with Crippen molar-refractivity contribution < 1.29 is 9.53 Å². The Morgan fingerprint density at radius 1 is 1.23 bits per heavy atom. The van der Waals surface area contributed by atoms with Crippen molar-refractivity contribution >= 4 is 53.8 Å². The third-order valence-electron chi connectivity index (χ3n) is 1.40. The van der Waals surface area contributed by atoms with Gasteiger partial charge in [-0.15, -0.1) is 0 Å². The Bertz CT molecular complexity index is 326. The molecule has 0 amide bonds. The van der Waals surface area contributed by atoms with Crippen LogP contribution in [-0.4, -0.2) is 13.1 Å². The summed E-state index contributed by atoms with van der Waals surface area (Å²) >= 11 is 9.96. The third kappa shape index (κ3) is 2.54. The summed E-state index contributed by atoms with van der Waals surface area (Å²) in [6, 6.07) is 3.39. The van der Waals surface area contributed by atoms with E-state index in [9.17, 15) is 4.79 Å². The molecular formula is C8H5Br3O2. The number of carbonyl (C=O) groups is 1. The van der Waals surface area contributed by atoms with E-state index in [4.69, 9.17) is 0 Å². The number of hydrogen-bond acceptors (Lipinski definition) is 2. The lowest BCUT2D eigenvalue weighted by atomic mass is 10.2. The van der Waals surface area contributed by atoms with Crippen LogP contribution in [0.15, 0.2) is 25.6 Å². The van der Waals surface area contributed by atoms with E-state index >= 15 is 0 Å². The van der Waals surface area contributed by atoms with E-state index in [-0.39, 0.29) is 5.97 Å². The van der Waals surface area contributed by atoms with E-state index in [0.29, 0.717) is 5.56 Å². The molecule has 0 fully saturated rings. The molecule has 0 radical (unpaired) electrons. The smallest absolute Gasteiger partial charge is 0.337 e. The molecule has 1 aromatic carbocycles. The molecule has 0 heterocycles. The van der Waals surface area contributed by atoms with Crippen molar-refractivity contribution in [3.05, 3.63) is 31.1 Å². The minimum absolute atomic E-state index is 0.353. The molecule has 0 aliphatic rings. The average molecular weight is 373 g/mol. The van der Waals surface area contributed by atoms with Crippen LogP contribution >= 0.6 is 47.8 Å². The minimum Gasteiger partial charge on any atom is -0.465 e. The van der Waals surface area contributed by atoms with Gasteiger partial charge < -0.3 is 4.74 Å². The van der Waals surface area contributed by atoms with Gasteiger partial charge in [-0.05, 0) is 59.9 Å². The standard InChI is InChI=1S/C8H5Br3O2/c1-13-8(12)4-2-5(9)7(11)6(10)3-4/h2-3H,1H3. The highest BCUT2D eigenvalue weighted by atomic mass is 79.9. The number of ether oxygens (including phenoxy) is 1. The highest BCUT2D eigenvalue weighted by molar-refractivity contribution is 9.14. The molecule has 1 aromatic rings. The first-order valence-electron chi connectivity index (χ1n) is 3.29. The molecule has 0 aromatic heterocycles. The van der Waals surface area contributed by atoms with Crippen LogP contribution in [0.25, 0.3) is 0 Å². The Hall–Kier alpha value is 0.130. The number of hydrogen-bond donors (Lipinski definition) is 0. The van der Waals surface area contributed by atoms with Gasteiger partial charge >= 0.3 is 5.97 Å². The number of halogens is 3. The van der Waals surface area contributed by atoms with Gasteiger partial charge in [0.2, 0.25) is 0 Å². The first kappa shape index (κ1) is 11.2. The van der Waals surface area contributed by atoms with Gasteiger partial charge in [-0.2, -0.15) is 0 Å². The molecular weight excluding hydrogens is 368 g/mol. The minimum atomic E-state index is -0.353. The molecule has 0 aliphatic carbocycles. The van der Waals surface area contributed by atoms with Gasteiger partial charge in [0.15, 0.2) is 0 Å². The summed E-state index contributed by atoms with van der Waals surface area (Å²) in [5, 5.41) is 0. The summed E-state index contributed by atoms with van der Waals surface area (Å²) in [7, 11) is 1.35. The summed E-state index contributed by atoms with van der Waals surface area (Å²) in [5.41, 5.74) is 0.504. The Morgan fingerprint density at radius 2 is 1.69 bits per heavy atom. The second kappa shape index (κ2) is 4.57. The molecule has 0 atom stereocenters. The first-order valence-corrected chi connectivity index (χ1v) is 5.67. The van der Waals surface area contributed by atoms with E-state index in [2.05, 4.69) is 52.5 Å². The lowest BCUT2D eigenvalue weighted by Crippen LogP contribution is -2.01. The molecule has 1 rings (SSSR count). The monoisotopic (exact) mass is 370 g/mol. The van der Waals surface area contributed by atoms with Gasteiger partial charge in [-0.3, -0.25) is 0 Å². The van der Waals surface area contributed by atoms with Gasteiger partial charge in [0.25, 0.3) is 0 Å². The summed E-state index contributed by atoms with van der Waals surface area (Å²) < 4.78 is 7.08. The number of benzene rings is 1. The molecule has 0 N–H and O–H groups in total. The van der Waals surface area contributed by atoms with E-state index in [0.717, 1.165) is 13.4 Å². The Morgan fingerprint density at radius 3 is 2.08 bits per heavy atom. The SMILES string of the molecule is COC(=O)c1cc(Br)c(Br)c(Br)c1. The van der Waals surface area contributed by atoms with Gasteiger partial charge in [0.05, 0.1) is 12.7 Å². The Balaban J connectivity index is 3.20. The topological polar surface area (TPSA) is 26.3 Å². The summed E-state index contributed by atoms with van der Waals surface area (Å²) in [6.45, 7) is 0. The van der Waals surface area contributed by atoms with Crippen LogP contribution < -0.4 is 0 Å². The van der Waals surface area contributed by atoms with Crippen molar-refractivity contribution in [2.45, 2.75) is 0 Å². The van der Waals surface area contributed by atoms with Gasteiger partial charge in [-0.25, -0.2) is 4.79 Å². The molecule has 0 saturated heterocycles. The van der Waals surface area contributed by atoms with Crippen molar-refractivity contribution in [2.24, 2.45) is 0 Å². The zero-order valence-electron chi connectivity index (χ0n) is 6.61. The zero-order valence-corrected chi connectivity index (χ0v) is 11.4. The fourth-order valence-electron chi connectivity index (χ4n) is 0.791. The third-order valence-corrected chi connectivity index (χ3v) is 4.57. The van der Waals surface area contributed by atoms with Crippen LogP contribution in [-0.2, 0) is 4.74 Å². The van der Waals surface area contributed by atoms with Crippen LogP contribution in [0.2, 0.25) is 0 Å². The number of rotatable bonds is 1. The molecule has 5 heteroatoms. The van der Waals surface area contributed by atoms with E-state index in [1.165, 1.54) is 7.11 Å².